The zero-order chi connectivity index (χ0) is 14.4. The van der Waals surface area contributed by atoms with Crippen molar-refractivity contribution in [2.24, 2.45) is 0 Å². The van der Waals surface area contributed by atoms with E-state index < -0.39 is 29.7 Å². The van der Waals surface area contributed by atoms with Crippen LogP contribution in [0.15, 0.2) is 18.2 Å². The number of hydrogen-bond donors (Lipinski definition) is 3. The fourth-order valence-corrected chi connectivity index (χ4v) is 1.40. The van der Waals surface area contributed by atoms with Crippen LogP contribution in [0, 0.1) is 11.6 Å². The van der Waals surface area contributed by atoms with Gasteiger partial charge in [-0.3, -0.25) is 0 Å². The second-order valence-electron chi connectivity index (χ2n) is 3.86. The Bertz CT molecular complexity index is 480. The third kappa shape index (κ3) is 4.53. The lowest BCUT2D eigenvalue weighted by Gasteiger charge is -2.13. The van der Waals surface area contributed by atoms with Gasteiger partial charge in [-0.05, 0) is 24.6 Å². The molecule has 1 aromatic rings. The predicted octanol–water partition coefficient (Wildman–Crippen LogP) is 1.63. The van der Waals surface area contributed by atoms with Crippen LogP contribution in [-0.4, -0.2) is 23.1 Å². The number of urea groups is 1. The highest BCUT2D eigenvalue weighted by Gasteiger charge is 2.17. The maximum atomic E-state index is 13.2. The monoisotopic (exact) mass is 272 g/mol. The molecule has 0 bridgehead atoms. The molecule has 1 aromatic carbocycles. The zero-order valence-electron chi connectivity index (χ0n) is 10.2. The number of carboxylic acids is 1. The molecule has 3 N–H and O–H groups in total. The van der Waals surface area contributed by atoms with Crippen LogP contribution in [0.3, 0.4) is 0 Å². The van der Waals surface area contributed by atoms with E-state index in [2.05, 4.69) is 10.6 Å². The summed E-state index contributed by atoms with van der Waals surface area (Å²) in [5.74, 6) is -2.42. The average molecular weight is 272 g/mol. The van der Waals surface area contributed by atoms with Crippen LogP contribution in [0.1, 0.15) is 18.9 Å². The van der Waals surface area contributed by atoms with Gasteiger partial charge < -0.3 is 15.7 Å². The quantitative estimate of drug-likeness (QED) is 0.762. The minimum Gasteiger partial charge on any atom is -0.480 e. The van der Waals surface area contributed by atoms with Gasteiger partial charge in [0.2, 0.25) is 0 Å². The Morgan fingerprint density at radius 3 is 2.63 bits per heavy atom. The molecule has 5 nitrogen and oxygen atoms in total. The standard InChI is InChI=1S/C12H14F2N2O3/c1-2-10(11(17)18)16-12(19)15-6-7-5-8(13)3-4-9(7)14/h3-5,10H,2,6H2,1H3,(H,17,18)(H2,15,16,19)/t10-/m0/s1. The van der Waals surface area contributed by atoms with Gasteiger partial charge in [-0.15, -0.1) is 0 Å². The van der Waals surface area contributed by atoms with Gasteiger partial charge in [0.15, 0.2) is 0 Å². The summed E-state index contributed by atoms with van der Waals surface area (Å²) in [5.41, 5.74) is -0.0153. The molecule has 0 aliphatic heterocycles. The van der Waals surface area contributed by atoms with Crippen molar-refractivity contribution in [3.63, 3.8) is 0 Å². The average Bonchev–Trinajstić information content (AvgIpc) is 2.36. The van der Waals surface area contributed by atoms with E-state index in [-0.39, 0.29) is 18.5 Å². The first-order valence-corrected chi connectivity index (χ1v) is 5.65. The number of carboxylic acid groups (broad SMARTS) is 1. The Morgan fingerprint density at radius 1 is 1.37 bits per heavy atom. The second kappa shape index (κ2) is 6.67. The maximum absolute atomic E-state index is 13.2. The highest BCUT2D eigenvalue weighted by Crippen LogP contribution is 2.09. The van der Waals surface area contributed by atoms with Crippen LogP contribution < -0.4 is 10.6 Å². The van der Waals surface area contributed by atoms with E-state index in [0.717, 1.165) is 18.2 Å². The van der Waals surface area contributed by atoms with Gasteiger partial charge in [-0.1, -0.05) is 6.92 Å². The van der Waals surface area contributed by atoms with E-state index in [4.69, 9.17) is 5.11 Å². The van der Waals surface area contributed by atoms with Crippen LogP contribution in [0.5, 0.6) is 0 Å². The lowest BCUT2D eigenvalue weighted by molar-refractivity contribution is -0.139. The lowest BCUT2D eigenvalue weighted by Crippen LogP contribution is -2.45. The van der Waals surface area contributed by atoms with Crippen molar-refractivity contribution < 1.29 is 23.5 Å². The number of aliphatic carboxylic acids is 1. The van der Waals surface area contributed by atoms with E-state index in [0.29, 0.717) is 0 Å². The first kappa shape index (κ1) is 14.9. The van der Waals surface area contributed by atoms with Crippen molar-refractivity contribution in [2.75, 3.05) is 0 Å². The molecule has 0 unspecified atom stereocenters. The zero-order valence-corrected chi connectivity index (χ0v) is 10.2. The van der Waals surface area contributed by atoms with Crippen molar-refractivity contribution in [3.8, 4) is 0 Å². The Morgan fingerprint density at radius 2 is 2.05 bits per heavy atom. The van der Waals surface area contributed by atoms with Crippen molar-refractivity contribution in [1.29, 1.82) is 0 Å². The number of hydrogen-bond acceptors (Lipinski definition) is 2. The van der Waals surface area contributed by atoms with Crippen molar-refractivity contribution in [3.05, 3.63) is 35.4 Å². The Hall–Kier alpha value is -2.18. The fraction of sp³-hybridized carbons (Fsp3) is 0.333. The smallest absolute Gasteiger partial charge is 0.326 e. The summed E-state index contributed by atoms with van der Waals surface area (Å²) in [7, 11) is 0. The van der Waals surface area contributed by atoms with Crippen LogP contribution >= 0.6 is 0 Å². The highest BCUT2D eigenvalue weighted by atomic mass is 19.1. The summed E-state index contributed by atoms with van der Waals surface area (Å²) in [6.07, 6.45) is 0.219. The molecule has 0 heterocycles. The molecule has 2 amide bonds. The number of carbonyl (C=O) groups is 2. The van der Waals surface area contributed by atoms with E-state index >= 15 is 0 Å². The van der Waals surface area contributed by atoms with E-state index in [1.165, 1.54) is 0 Å². The third-order valence-corrected chi connectivity index (χ3v) is 2.46. The first-order valence-electron chi connectivity index (χ1n) is 5.65. The van der Waals surface area contributed by atoms with Gasteiger partial charge in [0.1, 0.15) is 17.7 Å². The molecule has 1 atom stereocenters. The number of benzene rings is 1. The topological polar surface area (TPSA) is 78.4 Å². The van der Waals surface area contributed by atoms with Gasteiger partial charge in [-0.2, -0.15) is 0 Å². The molecule has 0 spiro atoms. The highest BCUT2D eigenvalue weighted by molar-refractivity contribution is 5.82. The molecule has 0 saturated carbocycles. The number of nitrogens with one attached hydrogen (secondary N) is 2. The molecule has 0 radical (unpaired) electrons. The molecule has 0 fully saturated rings. The number of rotatable bonds is 5. The molecule has 1 rings (SSSR count). The molecule has 0 aliphatic carbocycles. The summed E-state index contributed by atoms with van der Waals surface area (Å²) < 4.78 is 26.1. The van der Waals surface area contributed by atoms with Gasteiger partial charge in [-0.25, -0.2) is 18.4 Å². The van der Waals surface area contributed by atoms with Gasteiger partial charge in [0.05, 0.1) is 0 Å². The van der Waals surface area contributed by atoms with Gasteiger partial charge in [0, 0.05) is 12.1 Å². The number of carbonyl (C=O) groups excluding carboxylic acids is 1. The SMILES string of the molecule is CC[C@H](NC(=O)NCc1cc(F)ccc1F)C(=O)O. The summed E-state index contributed by atoms with van der Waals surface area (Å²) in [5, 5.41) is 13.2. The number of halogens is 2. The van der Waals surface area contributed by atoms with E-state index in [1.54, 1.807) is 6.92 Å². The minimum atomic E-state index is -1.16. The molecule has 19 heavy (non-hydrogen) atoms. The maximum Gasteiger partial charge on any atom is 0.326 e. The summed E-state index contributed by atoms with van der Waals surface area (Å²) in [6.45, 7) is 1.37. The first-order chi connectivity index (χ1) is 8.93. The van der Waals surface area contributed by atoms with Crippen LogP contribution in [-0.2, 0) is 11.3 Å². The number of amides is 2. The van der Waals surface area contributed by atoms with E-state index in [9.17, 15) is 18.4 Å². The Kier molecular flexibility index (Phi) is 5.23. The molecule has 0 aliphatic rings. The Balaban J connectivity index is 2.54. The predicted molar refractivity (Wildman–Crippen MR) is 63.4 cm³/mol. The second-order valence-corrected chi connectivity index (χ2v) is 3.86. The van der Waals surface area contributed by atoms with Gasteiger partial charge >= 0.3 is 12.0 Å². The normalized spacial score (nSPS) is 11.7. The van der Waals surface area contributed by atoms with Crippen LogP contribution in [0.2, 0.25) is 0 Å². The molecular formula is C12H14F2N2O3. The molecular weight excluding hydrogens is 258 g/mol. The van der Waals surface area contributed by atoms with Gasteiger partial charge in [0.25, 0.3) is 0 Å². The van der Waals surface area contributed by atoms with Crippen LogP contribution in [0.25, 0.3) is 0 Å². The van der Waals surface area contributed by atoms with E-state index in [1.807, 2.05) is 0 Å². The molecule has 0 saturated heterocycles. The summed E-state index contributed by atoms with van der Waals surface area (Å²) in [4.78, 5) is 22.1. The van der Waals surface area contributed by atoms with Crippen LogP contribution in [0.4, 0.5) is 13.6 Å². The largest absolute Gasteiger partial charge is 0.480 e. The molecule has 0 aromatic heterocycles. The lowest BCUT2D eigenvalue weighted by atomic mass is 10.2. The molecule has 7 heteroatoms. The fourth-order valence-electron chi connectivity index (χ4n) is 1.40. The minimum absolute atomic E-state index is 0.0153. The van der Waals surface area contributed by atoms with Crippen molar-refractivity contribution >= 4 is 12.0 Å². The Labute approximate surface area is 108 Å². The third-order valence-electron chi connectivity index (χ3n) is 2.46. The van der Waals surface area contributed by atoms with Crippen molar-refractivity contribution in [2.45, 2.75) is 25.9 Å². The summed E-state index contributed by atoms with van der Waals surface area (Å²) in [6, 6.07) is 1.12. The molecule has 104 valence electrons. The van der Waals surface area contributed by atoms with Crippen molar-refractivity contribution in [1.82, 2.24) is 10.6 Å². The summed E-state index contributed by atoms with van der Waals surface area (Å²) >= 11 is 0.